The van der Waals surface area contributed by atoms with Gasteiger partial charge in [-0.3, -0.25) is 15.0 Å². The second-order valence-corrected chi connectivity index (χ2v) is 7.67. The van der Waals surface area contributed by atoms with Crippen LogP contribution in [0.2, 0.25) is 5.02 Å². The number of nitrogens with zero attached hydrogens (tertiary/aromatic N) is 2. The number of carbonyl (C=O) groups is 2. The first-order chi connectivity index (χ1) is 14.3. The predicted molar refractivity (Wildman–Crippen MR) is 115 cm³/mol. The Kier molecular flexibility index (Phi) is 7.07. The number of rotatable bonds is 5. The van der Waals surface area contributed by atoms with Gasteiger partial charge in [0.25, 0.3) is 0 Å². The minimum absolute atomic E-state index is 0.00678. The quantitative estimate of drug-likeness (QED) is 0.692. The van der Waals surface area contributed by atoms with Gasteiger partial charge < -0.3 is 10.0 Å². The zero-order chi connectivity index (χ0) is 21.7. The van der Waals surface area contributed by atoms with Crippen molar-refractivity contribution in [2.45, 2.75) is 19.5 Å². The van der Waals surface area contributed by atoms with Crippen molar-refractivity contribution in [1.29, 1.82) is 0 Å². The van der Waals surface area contributed by atoms with Gasteiger partial charge in [0.1, 0.15) is 5.82 Å². The second-order valence-electron chi connectivity index (χ2n) is 7.24. The van der Waals surface area contributed by atoms with Crippen LogP contribution in [0.15, 0.2) is 48.5 Å². The van der Waals surface area contributed by atoms with Gasteiger partial charge in [0.2, 0.25) is 5.91 Å². The maximum Gasteiger partial charge on any atom is 0.409 e. The number of hydrogen-bond acceptors (Lipinski definition) is 3. The van der Waals surface area contributed by atoms with Crippen molar-refractivity contribution >= 4 is 35.4 Å². The number of benzene rings is 2. The summed E-state index contributed by atoms with van der Waals surface area (Å²) in [6.07, 6.45) is 1.81. The molecule has 2 aromatic rings. The number of nitrogens with one attached hydrogen (secondary N) is 1. The maximum atomic E-state index is 13.1. The van der Waals surface area contributed by atoms with Gasteiger partial charge in [0, 0.05) is 43.3 Å². The Labute approximate surface area is 179 Å². The summed E-state index contributed by atoms with van der Waals surface area (Å²) in [5.41, 5.74) is 1.90. The lowest BCUT2D eigenvalue weighted by atomic mass is 10.1. The smallest absolute Gasteiger partial charge is 0.409 e. The number of hydrogen-bond donors (Lipinski definition) is 2. The van der Waals surface area contributed by atoms with Crippen LogP contribution in [0.3, 0.4) is 0 Å². The summed E-state index contributed by atoms with van der Waals surface area (Å²) in [5, 5.41) is 11.7. The molecule has 1 saturated heterocycles. The number of anilines is 1. The van der Waals surface area contributed by atoms with Crippen LogP contribution < -0.4 is 5.32 Å². The molecule has 158 valence electrons. The number of carbonyl (C=O) groups excluding carboxylic acids is 1. The normalized spacial score (nSPS) is 17.3. The van der Waals surface area contributed by atoms with Crippen LogP contribution in [-0.4, -0.2) is 52.6 Å². The SMILES string of the molecule is CC1CN(Cc2ccc(F)cc2)CCN1C(=O)C=Cc1cc(Cl)ccc1NC(=O)O. The van der Waals surface area contributed by atoms with E-state index in [0.29, 0.717) is 42.5 Å². The van der Waals surface area contributed by atoms with Crippen LogP contribution in [0.4, 0.5) is 14.9 Å². The summed E-state index contributed by atoms with van der Waals surface area (Å²) in [5.74, 6) is -0.402. The van der Waals surface area contributed by atoms with Crippen LogP contribution in [-0.2, 0) is 11.3 Å². The van der Waals surface area contributed by atoms with E-state index < -0.39 is 6.09 Å². The summed E-state index contributed by atoms with van der Waals surface area (Å²) < 4.78 is 13.1. The van der Waals surface area contributed by atoms with E-state index in [1.807, 2.05) is 6.92 Å². The number of piperazine rings is 1. The fourth-order valence-electron chi connectivity index (χ4n) is 3.51. The van der Waals surface area contributed by atoms with E-state index in [1.54, 1.807) is 41.3 Å². The van der Waals surface area contributed by atoms with Crippen molar-refractivity contribution < 1.29 is 19.1 Å². The molecule has 0 aliphatic carbocycles. The fraction of sp³-hybridized carbons (Fsp3) is 0.273. The Bertz CT molecular complexity index is 949. The number of halogens is 2. The minimum atomic E-state index is -1.19. The molecular weight excluding hydrogens is 409 g/mol. The molecule has 1 fully saturated rings. The maximum absolute atomic E-state index is 13.1. The molecule has 30 heavy (non-hydrogen) atoms. The molecule has 0 spiro atoms. The Balaban J connectivity index is 1.62. The minimum Gasteiger partial charge on any atom is -0.465 e. The monoisotopic (exact) mass is 431 g/mol. The highest BCUT2D eigenvalue weighted by Crippen LogP contribution is 2.22. The fourth-order valence-corrected chi connectivity index (χ4v) is 3.69. The molecule has 1 unspecified atom stereocenters. The molecule has 2 amide bonds. The third-order valence-electron chi connectivity index (χ3n) is 4.97. The third-order valence-corrected chi connectivity index (χ3v) is 5.21. The van der Waals surface area contributed by atoms with Gasteiger partial charge in [-0.1, -0.05) is 23.7 Å². The largest absolute Gasteiger partial charge is 0.465 e. The zero-order valence-corrected chi connectivity index (χ0v) is 17.3. The molecule has 1 heterocycles. The van der Waals surface area contributed by atoms with Gasteiger partial charge >= 0.3 is 6.09 Å². The summed E-state index contributed by atoms with van der Waals surface area (Å²) in [6, 6.07) is 11.2. The highest BCUT2D eigenvalue weighted by atomic mass is 35.5. The van der Waals surface area contributed by atoms with E-state index in [0.717, 1.165) is 5.56 Å². The Hall–Kier alpha value is -2.90. The van der Waals surface area contributed by atoms with Crippen molar-refractivity contribution in [1.82, 2.24) is 9.80 Å². The average molecular weight is 432 g/mol. The van der Waals surface area contributed by atoms with E-state index in [9.17, 15) is 14.0 Å². The van der Waals surface area contributed by atoms with E-state index in [4.69, 9.17) is 16.7 Å². The molecular formula is C22H23ClFN3O3. The number of amides is 2. The van der Waals surface area contributed by atoms with Gasteiger partial charge in [-0.25, -0.2) is 9.18 Å². The van der Waals surface area contributed by atoms with Crippen molar-refractivity contribution in [2.75, 3.05) is 25.0 Å². The summed E-state index contributed by atoms with van der Waals surface area (Å²) in [7, 11) is 0. The summed E-state index contributed by atoms with van der Waals surface area (Å²) in [4.78, 5) is 27.7. The van der Waals surface area contributed by atoms with Crippen molar-refractivity contribution in [2.24, 2.45) is 0 Å². The van der Waals surface area contributed by atoms with Crippen LogP contribution in [0, 0.1) is 5.82 Å². The van der Waals surface area contributed by atoms with Gasteiger partial charge in [-0.15, -0.1) is 0 Å². The van der Waals surface area contributed by atoms with E-state index in [1.165, 1.54) is 18.2 Å². The third kappa shape index (κ3) is 5.81. The van der Waals surface area contributed by atoms with Crippen LogP contribution in [0.1, 0.15) is 18.1 Å². The molecule has 2 aromatic carbocycles. The molecule has 1 aliphatic heterocycles. The van der Waals surface area contributed by atoms with Gasteiger partial charge in [0.05, 0.1) is 5.69 Å². The van der Waals surface area contributed by atoms with Crippen LogP contribution in [0.5, 0.6) is 0 Å². The molecule has 1 atom stereocenters. The lowest BCUT2D eigenvalue weighted by Crippen LogP contribution is -2.53. The van der Waals surface area contributed by atoms with Crippen LogP contribution in [0.25, 0.3) is 6.08 Å². The molecule has 1 aliphatic rings. The van der Waals surface area contributed by atoms with E-state index >= 15 is 0 Å². The lowest BCUT2D eigenvalue weighted by Gasteiger charge is -2.39. The summed E-state index contributed by atoms with van der Waals surface area (Å²) in [6.45, 7) is 4.68. The van der Waals surface area contributed by atoms with E-state index in [-0.39, 0.29) is 17.8 Å². The Morgan fingerprint density at radius 3 is 2.63 bits per heavy atom. The van der Waals surface area contributed by atoms with E-state index in [2.05, 4.69) is 10.2 Å². The molecule has 8 heteroatoms. The van der Waals surface area contributed by atoms with Crippen molar-refractivity contribution in [3.8, 4) is 0 Å². The Morgan fingerprint density at radius 1 is 1.23 bits per heavy atom. The van der Waals surface area contributed by atoms with Crippen LogP contribution >= 0.6 is 11.6 Å². The highest BCUT2D eigenvalue weighted by Gasteiger charge is 2.26. The zero-order valence-electron chi connectivity index (χ0n) is 16.5. The topological polar surface area (TPSA) is 72.9 Å². The second kappa shape index (κ2) is 9.73. The van der Waals surface area contributed by atoms with Gasteiger partial charge in [0.15, 0.2) is 0 Å². The first kappa shape index (κ1) is 21.8. The molecule has 6 nitrogen and oxygen atoms in total. The predicted octanol–water partition coefficient (Wildman–Crippen LogP) is 4.32. The van der Waals surface area contributed by atoms with Gasteiger partial charge in [-0.05, 0) is 54.5 Å². The first-order valence-corrected chi connectivity index (χ1v) is 9.94. The molecule has 0 saturated carbocycles. The lowest BCUT2D eigenvalue weighted by molar-refractivity contribution is -0.130. The molecule has 2 N–H and O–H groups in total. The van der Waals surface area contributed by atoms with Crippen molar-refractivity contribution in [3.63, 3.8) is 0 Å². The molecule has 0 bridgehead atoms. The summed E-state index contributed by atoms with van der Waals surface area (Å²) >= 11 is 6.00. The van der Waals surface area contributed by atoms with Gasteiger partial charge in [-0.2, -0.15) is 0 Å². The Morgan fingerprint density at radius 2 is 1.97 bits per heavy atom. The number of carboxylic acid groups (broad SMARTS) is 1. The standard InChI is InChI=1S/C22H23ClFN3O3/c1-15-13-26(14-16-2-6-19(24)7-3-16)10-11-27(15)21(28)9-4-17-12-18(23)5-8-20(17)25-22(29)30/h2-9,12,15,25H,10-11,13-14H2,1H3,(H,29,30). The molecule has 0 radical (unpaired) electrons. The molecule has 0 aromatic heterocycles. The first-order valence-electron chi connectivity index (χ1n) is 9.57. The highest BCUT2D eigenvalue weighted by molar-refractivity contribution is 6.30. The molecule has 3 rings (SSSR count). The average Bonchev–Trinajstić information content (AvgIpc) is 2.69. The van der Waals surface area contributed by atoms with Crippen molar-refractivity contribution in [3.05, 3.63) is 70.5 Å².